The van der Waals surface area contributed by atoms with Crippen molar-refractivity contribution >= 4 is 5.69 Å². The van der Waals surface area contributed by atoms with E-state index in [1.54, 1.807) is 7.11 Å². The Morgan fingerprint density at radius 3 is 2.56 bits per heavy atom. The third-order valence-corrected chi connectivity index (χ3v) is 2.77. The molecule has 2 N–H and O–H groups in total. The molecule has 0 spiro atoms. The van der Waals surface area contributed by atoms with Crippen LogP contribution in [0.15, 0.2) is 18.2 Å². The Bertz CT molecular complexity index is 348. The van der Waals surface area contributed by atoms with Crippen LogP contribution < -0.4 is 10.5 Å². The van der Waals surface area contributed by atoms with Crippen LogP contribution in [0.2, 0.25) is 0 Å². The number of aryl methyl sites for hydroxylation is 1. The molecule has 0 aromatic heterocycles. The number of hydrogen-bond acceptors (Lipinski definition) is 3. The summed E-state index contributed by atoms with van der Waals surface area (Å²) in [6.07, 6.45) is 0.854. The summed E-state index contributed by atoms with van der Waals surface area (Å²) in [5.41, 5.74) is 7.44. The van der Waals surface area contributed by atoms with Crippen LogP contribution in [-0.2, 0) is 4.74 Å². The highest BCUT2D eigenvalue weighted by atomic mass is 16.5. The molecular weight excluding hydrogens is 202 g/mol. The average molecular weight is 223 g/mol. The molecule has 1 aromatic carbocycles. The highest BCUT2D eigenvalue weighted by Gasteiger charge is 2.15. The summed E-state index contributed by atoms with van der Waals surface area (Å²) in [6.45, 7) is 6.71. The van der Waals surface area contributed by atoms with E-state index in [0.29, 0.717) is 6.61 Å². The SMILES string of the molecule is COC(C)(C)CCOc1ccc(N)c(C)c1. The summed E-state index contributed by atoms with van der Waals surface area (Å²) >= 11 is 0. The highest BCUT2D eigenvalue weighted by molar-refractivity contribution is 5.49. The van der Waals surface area contributed by atoms with E-state index in [9.17, 15) is 0 Å². The van der Waals surface area contributed by atoms with E-state index in [2.05, 4.69) is 0 Å². The van der Waals surface area contributed by atoms with Gasteiger partial charge in [-0.05, 0) is 44.5 Å². The van der Waals surface area contributed by atoms with Gasteiger partial charge in [0.1, 0.15) is 5.75 Å². The molecule has 0 bridgehead atoms. The molecule has 1 aromatic rings. The fourth-order valence-electron chi connectivity index (χ4n) is 1.25. The molecule has 0 fully saturated rings. The molecule has 1 rings (SSSR count). The first-order chi connectivity index (χ1) is 7.44. The summed E-state index contributed by atoms with van der Waals surface area (Å²) in [5.74, 6) is 0.860. The molecule has 0 saturated carbocycles. The second kappa shape index (κ2) is 5.21. The van der Waals surface area contributed by atoms with Crippen LogP contribution in [0.3, 0.4) is 0 Å². The van der Waals surface area contributed by atoms with Gasteiger partial charge in [0.25, 0.3) is 0 Å². The molecule has 0 atom stereocenters. The number of hydrogen-bond donors (Lipinski definition) is 1. The number of nitrogens with two attached hydrogens (primary N) is 1. The van der Waals surface area contributed by atoms with Crippen molar-refractivity contribution in [3.63, 3.8) is 0 Å². The monoisotopic (exact) mass is 223 g/mol. The van der Waals surface area contributed by atoms with Crippen molar-refractivity contribution in [2.75, 3.05) is 19.5 Å². The molecule has 0 unspecified atom stereocenters. The van der Waals surface area contributed by atoms with Gasteiger partial charge in [-0.3, -0.25) is 0 Å². The number of nitrogen functional groups attached to an aromatic ring is 1. The zero-order chi connectivity index (χ0) is 12.2. The van der Waals surface area contributed by atoms with Crippen molar-refractivity contribution in [1.82, 2.24) is 0 Å². The van der Waals surface area contributed by atoms with Gasteiger partial charge < -0.3 is 15.2 Å². The van der Waals surface area contributed by atoms with Crippen molar-refractivity contribution in [3.05, 3.63) is 23.8 Å². The van der Waals surface area contributed by atoms with Crippen LogP contribution in [0.4, 0.5) is 5.69 Å². The molecule has 0 aliphatic heterocycles. The Morgan fingerprint density at radius 1 is 1.31 bits per heavy atom. The predicted octanol–water partition coefficient (Wildman–Crippen LogP) is 2.77. The Hall–Kier alpha value is -1.22. The number of benzene rings is 1. The van der Waals surface area contributed by atoms with E-state index >= 15 is 0 Å². The molecular formula is C13H21NO2. The lowest BCUT2D eigenvalue weighted by atomic mass is 10.1. The fraction of sp³-hybridized carbons (Fsp3) is 0.538. The summed E-state index contributed by atoms with van der Waals surface area (Å²) in [7, 11) is 1.72. The average Bonchev–Trinajstić information content (AvgIpc) is 2.23. The van der Waals surface area contributed by atoms with Gasteiger partial charge in [-0.15, -0.1) is 0 Å². The van der Waals surface area contributed by atoms with E-state index in [4.69, 9.17) is 15.2 Å². The Morgan fingerprint density at radius 2 is 2.00 bits per heavy atom. The van der Waals surface area contributed by atoms with Crippen LogP contribution in [0.5, 0.6) is 5.75 Å². The summed E-state index contributed by atoms with van der Waals surface area (Å²) in [4.78, 5) is 0. The molecule has 0 aliphatic carbocycles. The van der Waals surface area contributed by atoms with Gasteiger partial charge >= 0.3 is 0 Å². The number of anilines is 1. The Balaban J connectivity index is 2.46. The van der Waals surface area contributed by atoms with Gasteiger partial charge in [0.05, 0.1) is 12.2 Å². The second-order valence-corrected chi connectivity index (χ2v) is 4.58. The molecule has 16 heavy (non-hydrogen) atoms. The maximum absolute atomic E-state index is 5.73. The van der Waals surface area contributed by atoms with E-state index in [1.165, 1.54) is 0 Å². The molecule has 90 valence electrons. The molecule has 0 saturated heterocycles. The van der Waals surface area contributed by atoms with E-state index in [-0.39, 0.29) is 5.60 Å². The zero-order valence-corrected chi connectivity index (χ0v) is 10.5. The van der Waals surface area contributed by atoms with Crippen molar-refractivity contribution in [1.29, 1.82) is 0 Å². The number of rotatable bonds is 5. The first-order valence-electron chi connectivity index (χ1n) is 5.49. The van der Waals surface area contributed by atoms with Crippen molar-refractivity contribution in [2.45, 2.75) is 32.8 Å². The standard InChI is InChI=1S/C13H21NO2/c1-10-9-11(5-6-12(10)14)16-8-7-13(2,3)15-4/h5-6,9H,7-8,14H2,1-4H3. The summed E-state index contributed by atoms with van der Waals surface area (Å²) < 4.78 is 11.0. The smallest absolute Gasteiger partial charge is 0.119 e. The second-order valence-electron chi connectivity index (χ2n) is 4.58. The van der Waals surface area contributed by atoms with Crippen molar-refractivity contribution in [2.24, 2.45) is 0 Å². The van der Waals surface area contributed by atoms with E-state index in [1.807, 2.05) is 39.0 Å². The third-order valence-electron chi connectivity index (χ3n) is 2.77. The normalized spacial score (nSPS) is 11.5. The minimum atomic E-state index is -0.136. The molecule has 3 nitrogen and oxygen atoms in total. The fourth-order valence-corrected chi connectivity index (χ4v) is 1.25. The Labute approximate surface area is 97.6 Å². The lowest BCUT2D eigenvalue weighted by molar-refractivity contribution is 0.00545. The van der Waals surface area contributed by atoms with Crippen LogP contribution in [0, 0.1) is 6.92 Å². The first kappa shape index (κ1) is 12.8. The molecule has 0 amide bonds. The highest BCUT2D eigenvalue weighted by Crippen LogP contribution is 2.20. The zero-order valence-electron chi connectivity index (χ0n) is 10.5. The Kier molecular flexibility index (Phi) is 4.19. The van der Waals surface area contributed by atoms with Gasteiger partial charge in [0.2, 0.25) is 0 Å². The van der Waals surface area contributed by atoms with E-state index < -0.39 is 0 Å². The molecule has 0 heterocycles. The maximum atomic E-state index is 5.73. The van der Waals surface area contributed by atoms with Crippen molar-refractivity contribution in [3.8, 4) is 5.75 Å². The third kappa shape index (κ3) is 3.74. The van der Waals surface area contributed by atoms with Crippen LogP contribution in [-0.4, -0.2) is 19.3 Å². The quantitative estimate of drug-likeness (QED) is 0.781. The van der Waals surface area contributed by atoms with E-state index in [0.717, 1.165) is 23.4 Å². The van der Waals surface area contributed by atoms with Crippen LogP contribution >= 0.6 is 0 Å². The number of ether oxygens (including phenoxy) is 2. The first-order valence-corrected chi connectivity index (χ1v) is 5.49. The molecule has 3 heteroatoms. The van der Waals surface area contributed by atoms with Gasteiger partial charge in [0, 0.05) is 19.2 Å². The van der Waals surface area contributed by atoms with Gasteiger partial charge in [-0.1, -0.05) is 0 Å². The van der Waals surface area contributed by atoms with Crippen LogP contribution in [0.1, 0.15) is 25.8 Å². The van der Waals surface area contributed by atoms with Gasteiger partial charge in [-0.2, -0.15) is 0 Å². The minimum absolute atomic E-state index is 0.136. The molecule has 0 aliphatic rings. The summed E-state index contributed by atoms with van der Waals surface area (Å²) in [5, 5.41) is 0. The predicted molar refractivity (Wildman–Crippen MR) is 66.8 cm³/mol. The maximum Gasteiger partial charge on any atom is 0.119 e. The largest absolute Gasteiger partial charge is 0.493 e. The summed E-state index contributed by atoms with van der Waals surface area (Å²) in [6, 6.07) is 5.71. The van der Waals surface area contributed by atoms with Crippen molar-refractivity contribution < 1.29 is 9.47 Å². The number of methoxy groups -OCH3 is 1. The minimum Gasteiger partial charge on any atom is -0.493 e. The van der Waals surface area contributed by atoms with Gasteiger partial charge in [0.15, 0.2) is 0 Å². The molecule has 0 radical (unpaired) electrons. The topological polar surface area (TPSA) is 44.5 Å². The van der Waals surface area contributed by atoms with Gasteiger partial charge in [-0.25, -0.2) is 0 Å². The lowest BCUT2D eigenvalue weighted by Gasteiger charge is -2.22. The van der Waals surface area contributed by atoms with Crippen LogP contribution in [0.25, 0.3) is 0 Å². The lowest BCUT2D eigenvalue weighted by Crippen LogP contribution is -2.25.